The van der Waals surface area contributed by atoms with Crippen LogP contribution in [0.2, 0.25) is 0 Å². The van der Waals surface area contributed by atoms with Crippen LogP contribution >= 0.6 is 0 Å². The van der Waals surface area contributed by atoms with Gasteiger partial charge in [-0.2, -0.15) is 0 Å². The second kappa shape index (κ2) is 7.60. The summed E-state index contributed by atoms with van der Waals surface area (Å²) in [5.74, 6) is 0.0942. The maximum Gasteiger partial charge on any atom is 0.134 e. The first-order chi connectivity index (χ1) is 11.9. The minimum Gasteiger partial charge on any atom is -0.490 e. The number of hydrogen-bond donors (Lipinski definition) is 1. The molecule has 5 heteroatoms. The average Bonchev–Trinajstić information content (AvgIpc) is 2.76. The molecule has 4 nitrogen and oxygen atoms in total. The van der Waals surface area contributed by atoms with E-state index in [1.165, 1.54) is 25.0 Å². The summed E-state index contributed by atoms with van der Waals surface area (Å²) in [5, 5.41) is 11.0. The highest BCUT2D eigenvalue weighted by Crippen LogP contribution is 2.37. The molecule has 0 radical (unpaired) electrons. The normalized spacial score (nSPS) is 28.5. The SMILES string of the molecule is CC1(C)CCC(N2CCOCC(O)(COc3cccc(F)c3)C2)CC1. The lowest BCUT2D eigenvalue weighted by molar-refractivity contribution is -0.0692. The fourth-order valence-corrected chi connectivity index (χ4v) is 3.87. The van der Waals surface area contributed by atoms with Gasteiger partial charge in [0.25, 0.3) is 0 Å². The van der Waals surface area contributed by atoms with Crippen LogP contribution in [0.5, 0.6) is 5.75 Å². The molecular formula is C20H30FNO3. The van der Waals surface area contributed by atoms with E-state index in [0.717, 1.165) is 19.4 Å². The van der Waals surface area contributed by atoms with E-state index in [-0.39, 0.29) is 19.0 Å². The Hall–Kier alpha value is -1.17. The molecule has 1 aromatic carbocycles. The molecule has 1 atom stereocenters. The number of halogens is 1. The van der Waals surface area contributed by atoms with Gasteiger partial charge in [-0.1, -0.05) is 19.9 Å². The van der Waals surface area contributed by atoms with Gasteiger partial charge in [-0.25, -0.2) is 4.39 Å². The zero-order chi connectivity index (χ0) is 17.9. The zero-order valence-electron chi connectivity index (χ0n) is 15.3. The maximum absolute atomic E-state index is 13.3. The standard InChI is InChI=1S/C20H30FNO3/c1-19(2)8-6-17(7-9-19)22-10-11-24-14-20(23,13-22)15-25-18-5-3-4-16(21)12-18/h3-5,12,17,23H,6-11,13-15H2,1-2H3. The van der Waals surface area contributed by atoms with Crippen molar-refractivity contribution in [3.8, 4) is 5.75 Å². The predicted octanol–water partition coefficient (Wildman–Crippen LogP) is 3.24. The highest BCUT2D eigenvalue weighted by molar-refractivity contribution is 5.22. The number of rotatable bonds is 4. The number of aliphatic hydroxyl groups is 1. The summed E-state index contributed by atoms with van der Waals surface area (Å²) in [7, 11) is 0. The molecule has 25 heavy (non-hydrogen) atoms. The Bertz CT molecular complexity index is 570. The van der Waals surface area contributed by atoms with Gasteiger partial charge in [-0.3, -0.25) is 4.90 Å². The van der Waals surface area contributed by atoms with E-state index >= 15 is 0 Å². The smallest absolute Gasteiger partial charge is 0.134 e. The molecule has 1 saturated carbocycles. The summed E-state index contributed by atoms with van der Waals surface area (Å²) in [6.07, 6.45) is 4.75. The molecule has 1 aromatic rings. The van der Waals surface area contributed by atoms with Gasteiger partial charge in [0.1, 0.15) is 23.8 Å². The van der Waals surface area contributed by atoms with Crippen molar-refractivity contribution in [1.29, 1.82) is 0 Å². The Morgan fingerprint density at radius 1 is 1.32 bits per heavy atom. The Labute approximate surface area is 149 Å². The molecule has 0 amide bonds. The monoisotopic (exact) mass is 351 g/mol. The van der Waals surface area contributed by atoms with Gasteiger partial charge in [0, 0.05) is 25.2 Å². The highest BCUT2D eigenvalue weighted by atomic mass is 19.1. The topological polar surface area (TPSA) is 41.9 Å². The van der Waals surface area contributed by atoms with E-state index in [2.05, 4.69) is 18.7 Å². The van der Waals surface area contributed by atoms with Gasteiger partial charge in [0.2, 0.25) is 0 Å². The largest absolute Gasteiger partial charge is 0.490 e. The average molecular weight is 351 g/mol. The van der Waals surface area contributed by atoms with Crippen LogP contribution in [-0.4, -0.2) is 54.6 Å². The number of β-amino-alcohol motifs (C(OH)–C–C–N with tert-alkyl or cyclic N) is 1. The van der Waals surface area contributed by atoms with E-state index in [1.807, 2.05) is 0 Å². The Kier molecular flexibility index (Phi) is 5.66. The molecule has 2 aliphatic rings. The molecule has 1 heterocycles. The van der Waals surface area contributed by atoms with Gasteiger partial charge in [0.15, 0.2) is 0 Å². The van der Waals surface area contributed by atoms with Crippen LogP contribution in [0.3, 0.4) is 0 Å². The Morgan fingerprint density at radius 2 is 2.08 bits per heavy atom. The van der Waals surface area contributed by atoms with Crippen LogP contribution in [0.15, 0.2) is 24.3 Å². The van der Waals surface area contributed by atoms with Crippen LogP contribution in [0, 0.1) is 11.2 Å². The summed E-state index contributed by atoms with van der Waals surface area (Å²) in [6, 6.07) is 6.51. The molecule has 1 unspecified atom stereocenters. The molecule has 1 aliphatic heterocycles. The van der Waals surface area contributed by atoms with Crippen LogP contribution in [0.25, 0.3) is 0 Å². The fourth-order valence-electron chi connectivity index (χ4n) is 3.87. The van der Waals surface area contributed by atoms with Crippen molar-refractivity contribution in [1.82, 2.24) is 4.90 Å². The second-order valence-electron chi connectivity index (χ2n) is 8.39. The third kappa shape index (κ3) is 5.16. The second-order valence-corrected chi connectivity index (χ2v) is 8.39. The van der Waals surface area contributed by atoms with Crippen LogP contribution in [0.4, 0.5) is 4.39 Å². The summed E-state index contributed by atoms with van der Waals surface area (Å²) in [6.45, 7) is 7.01. The van der Waals surface area contributed by atoms with Crippen molar-refractivity contribution < 1.29 is 19.0 Å². The number of ether oxygens (including phenoxy) is 2. The van der Waals surface area contributed by atoms with Gasteiger partial charge < -0.3 is 14.6 Å². The summed E-state index contributed by atoms with van der Waals surface area (Å²) < 4.78 is 24.6. The molecule has 140 valence electrons. The van der Waals surface area contributed by atoms with Crippen molar-refractivity contribution in [2.24, 2.45) is 5.41 Å². The van der Waals surface area contributed by atoms with Crippen LogP contribution in [-0.2, 0) is 4.74 Å². The lowest BCUT2D eigenvalue weighted by Crippen LogP contribution is -2.52. The van der Waals surface area contributed by atoms with Crippen molar-refractivity contribution in [2.45, 2.75) is 51.2 Å². The first kappa shape index (κ1) is 18.6. The molecule has 1 N–H and O–H groups in total. The maximum atomic E-state index is 13.3. The lowest BCUT2D eigenvalue weighted by atomic mass is 9.75. The molecule has 3 rings (SSSR count). The van der Waals surface area contributed by atoms with Gasteiger partial charge in [-0.15, -0.1) is 0 Å². The lowest BCUT2D eigenvalue weighted by Gasteiger charge is -2.41. The third-order valence-electron chi connectivity index (χ3n) is 5.52. The Balaban J connectivity index is 1.60. The molecular weight excluding hydrogens is 321 g/mol. The van der Waals surface area contributed by atoms with Crippen LogP contribution in [0.1, 0.15) is 39.5 Å². The molecule has 0 aromatic heterocycles. The minimum atomic E-state index is -1.07. The third-order valence-corrected chi connectivity index (χ3v) is 5.52. The van der Waals surface area contributed by atoms with E-state index in [1.54, 1.807) is 12.1 Å². The van der Waals surface area contributed by atoms with Gasteiger partial charge >= 0.3 is 0 Å². The van der Waals surface area contributed by atoms with Crippen molar-refractivity contribution in [3.05, 3.63) is 30.1 Å². The minimum absolute atomic E-state index is 0.102. The molecule has 2 fully saturated rings. The number of benzene rings is 1. The van der Waals surface area contributed by atoms with Crippen molar-refractivity contribution >= 4 is 0 Å². The number of hydrogen-bond acceptors (Lipinski definition) is 4. The predicted molar refractivity (Wildman–Crippen MR) is 95.3 cm³/mol. The summed E-state index contributed by atoms with van der Waals surface area (Å²) in [5.41, 5.74) is -0.647. The highest BCUT2D eigenvalue weighted by Gasteiger charge is 2.38. The van der Waals surface area contributed by atoms with Gasteiger partial charge in [0.05, 0.1) is 13.2 Å². The van der Waals surface area contributed by atoms with E-state index in [4.69, 9.17) is 9.47 Å². The molecule has 1 saturated heterocycles. The molecule has 0 spiro atoms. The summed E-state index contributed by atoms with van der Waals surface area (Å²) >= 11 is 0. The summed E-state index contributed by atoms with van der Waals surface area (Å²) in [4.78, 5) is 2.36. The molecule has 0 bridgehead atoms. The van der Waals surface area contributed by atoms with E-state index in [0.29, 0.717) is 30.4 Å². The first-order valence-electron chi connectivity index (χ1n) is 9.28. The number of nitrogens with zero attached hydrogens (tertiary/aromatic N) is 1. The van der Waals surface area contributed by atoms with E-state index < -0.39 is 5.60 Å². The Morgan fingerprint density at radius 3 is 2.80 bits per heavy atom. The van der Waals surface area contributed by atoms with Crippen LogP contribution < -0.4 is 4.74 Å². The van der Waals surface area contributed by atoms with Crippen molar-refractivity contribution in [2.75, 3.05) is 32.9 Å². The van der Waals surface area contributed by atoms with Crippen molar-refractivity contribution in [3.63, 3.8) is 0 Å². The first-order valence-corrected chi connectivity index (χ1v) is 9.28. The van der Waals surface area contributed by atoms with E-state index in [9.17, 15) is 9.50 Å². The fraction of sp³-hybridized carbons (Fsp3) is 0.700. The zero-order valence-corrected chi connectivity index (χ0v) is 15.3. The quantitative estimate of drug-likeness (QED) is 0.904. The van der Waals surface area contributed by atoms with Gasteiger partial charge in [-0.05, 0) is 43.2 Å². The molecule has 1 aliphatic carbocycles.